The molecule has 1 aromatic carbocycles. The van der Waals surface area contributed by atoms with Crippen molar-refractivity contribution < 1.29 is 4.74 Å². The maximum Gasteiger partial charge on any atom is 0.122 e. The van der Waals surface area contributed by atoms with Gasteiger partial charge < -0.3 is 10.1 Å². The normalized spacial score (nSPS) is 17.2. The maximum atomic E-state index is 5.89. The van der Waals surface area contributed by atoms with Crippen molar-refractivity contribution in [3.63, 3.8) is 0 Å². The molecular weight excluding hydrogens is 266 g/mol. The Labute approximate surface area is 106 Å². The van der Waals surface area contributed by atoms with E-state index in [9.17, 15) is 0 Å². The Kier molecular flexibility index (Phi) is 3.87. The fourth-order valence-electron chi connectivity index (χ4n) is 1.62. The molecule has 2 rings (SSSR count). The van der Waals surface area contributed by atoms with Gasteiger partial charge in [0.2, 0.25) is 0 Å². The minimum absolute atomic E-state index is 0.223. The van der Waals surface area contributed by atoms with E-state index in [0.29, 0.717) is 0 Å². The van der Waals surface area contributed by atoms with Crippen molar-refractivity contribution in [3.05, 3.63) is 28.2 Å². The average molecular weight is 284 g/mol. The topological polar surface area (TPSA) is 21.3 Å². The van der Waals surface area contributed by atoms with Gasteiger partial charge in [-0.05, 0) is 50.5 Å². The van der Waals surface area contributed by atoms with Crippen LogP contribution in [0.25, 0.3) is 0 Å². The molecule has 0 aromatic heterocycles. The fourth-order valence-corrected chi connectivity index (χ4v) is 2.10. The Balaban J connectivity index is 1.86. The molecule has 1 aliphatic rings. The highest BCUT2D eigenvalue weighted by Crippen LogP contribution is 2.23. The van der Waals surface area contributed by atoms with E-state index in [1.165, 1.54) is 18.4 Å². The Bertz CT molecular complexity index is 363. The summed E-state index contributed by atoms with van der Waals surface area (Å²) in [5, 5.41) is 3.47. The average Bonchev–Trinajstić information content (AvgIpc) is 3.03. The molecule has 0 heterocycles. The first-order chi connectivity index (χ1) is 7.65. The summed E-state index contributed by atoms with van der Waals surface area (Å²) < 4.78 is 6.99. The van der Waals surface area contributed by atoms with Crippen LogP contribution in [-0.2, 0) is 0 Å². The van der Waals surface area contributed by atoms with E-state index in [4.69, 9.17) is 4.74 Å². The number of hydrogen-bond donors (Lipinski definition) is 1. The number of ether oxygens (including phenoxy) is 1. The predicted molar refractivity (Wildman–Crippen MR) is 70.0 cm³/mol. The van der Waals surface area contributed by atoms with Crippen LogP contribution in [-0.4, -0.2) is 18.7 Å². The van der Waals surface area contributed by atoms with Gasteiger partial charge in [0.05, 0.1) is 0 Å². The molecule has 3 heteroatoms. The third-order valence-electron chi connectivity index (χ3n) is 2.74. The van der Waals surface area contributed by atoms with Crippen molar-refractivity contribution in [1.82, 2.24) is 5.32 Å². The monoisotopic (exact) mass is 283 g/mol. The highest BCUT2D eigenvalue weighted by molar-refractivity contribution is 9.10. The first-order valence-electron chi connectivity index (χ1n) is 5.81. The largest absolute Gasteiger partial charge is 0.489 e. The number of hydrogen-bond acceptors (Lipinski definition) is 2. The van der Waals surface area contributed by atoms with Gasteiger partial charge in [-0.25, -0.2) is 0 Å². The summed E-state index contributed by atoms with van der Waals surface area (Å²) in [5.41, 5.74) is 1.17. The van der Waals surface area contributed by atoms with Crippen LogP contribution < -0.4 is 10.1 Å². The first kappa shape index (κ1) is 11.9. The minimum atomic E-state index is 0.223. The molecule has 1 fully saturated rings. The highest BCUT2D eigenvalue weighted by Gasteiger charge is 2.21. The van der Waals surface area contributed by atoms with Gasteiger partial charge in [-0.1, -0.05) is 15.9 Å². The van der Waals surface area contributed by atoms with Crippen LogP contribution in [0, 0.1) is 6.92 Å². The van der Waals surface area contributed by atoms with Gasteiger partial charge in [-0.15, -0.1) is 0 Å². The van der Waals surface area contributed by atoms with Gasteiger partial charge >= 0.3 is 0 Å². The molecule has 1 aliphatic carbocycles. The molecule has 0 saturated heterocycles. The molecule has 1 aromatic rings. The second-order valence-electron chi connectivity index (χ2n) is 4.52. The SMILES string of the molecule is Cc1cc(Br)ccc1OC(C)CNC1CC1. The van der Waals surface area contributed by atoms with Crippen LogP contribution in [0.15, 0.2) is 22.7 Å². The molecule has 16 heavy (non-hydrogen) atoms. The van der Waals surface area contributed by atoms with Crippen molar-refractivity contribution in [2.45, 2.75) is 38.8 Å². The molecule has 1 unspecified atom stereocenters. The van der Waals surface area contributed by atoms with E-state index in [0.717, 1.165) is 22.8 Å². The summed E-state index contributed by atoms with van der Waals surface area (Å²) in [4.78, 5) is 0. The van der Waals surface area contributed by atoms with Gasteiger partial charge in [0, 0.05) is 17.1 Å². The van der Waals surface area contributed by atoms with Gasteiger partial charge in [0.25, 0.3) is 0 Å². The van der Waals surface area contributed by atoms with Gasteiger partial charge in [-0.3, -0.25) is 0 Å². The second kappa shape index (κ2) is 5.19. The van der Waals surface area contributed by atoms with Crippen LogP contribution in [0.5, 0.6) is 5.75 Å². The summed E-state index contributed by atoms with van der Waals surface area (Å²) in [5.74, 6) is 0.980. The van der Waals surface area contributed by atoms with Crippen LogP contribution in [0.3, 0.4) is 0 Å². The van der Waals surface area contributed by atoms with Gasteiger partial charge in [0.1, 0.15) is 11.9 Å². The number of benzene rings is 1. The lowest BCUT2D eigenvalue weighted by atomic mass is 10.2. The Hall–Kier alpha value is -0.540. The molecule has 0 spiro atoms. The van der Waals surface area contributed by atoms with Gasteiger partial charge in [0.15, 0.2) is 0 Å². The quantitative estimate of drug-likeness (QED) is 0.896. The Morgan fingerprint density at radius 2 is 2.25 bits per heavy atom. The number of nitrogens with one attached hydrogen (secondary N) is 1. The third-order valence-corrected chi connectivity index (χ3v) is 3.23. The zero-order valence-corrected chi connectivity index (χ0v) is 11.4. The van der Waals surface area contributed by atoms with Crippen molar-refractivity contribution in [1.29, 1.82) is 0 Å². The lowest BCUT2D eigenvalue weighted by molar-refractivity contribution is 0.215. The van der Waals surface area contributed by atoms with Crippen molar-refractivity contribution in [3.8, 4) is 5.75 Å². The molecule has 0 bridgehead atoms. The van der Waals surface area contributed by atoms with E-state index in [1.807, 2.05) is 12.1 Å². The van der Waals surface area contributed by atoms with Crippen molar-refractivity contribution >= 4 is 15.9 Å². The molecule has 0 amide bonds. The third kappa shape index (κ3) is 3.49. The molecule has 0 aliphatic heterocycles. The fraction of sp³-hybridized carbons (Fsp3) is 0.538. The molecule has 2 nitrogen and oxygen atoms in total. The van der Waals surface area contributed by atoms with E-state index < -0.39 is 0 Å². The molecule has 0 radical (unpaired) electrons. The predicted octanol–water partition coefficient (Wildman–Crippen LogP) is 3.28. The van der Waals surface area contributed by atoms with E-state index in [1.54, 1.807) is 0 Å². The van der Waals surface area contributed by atoms with Crippen LogP contribution in [0.1, 0.15) is 25.3 Å². The van der Waals surface area contributed by atoms with Crippen molar-refractivity contribution in [2.24, 2.45) is 0 Å². The van der Waals surface area contributed by atoms with Crippen LogP contribution in [0.2, 0.25) is 0 Å². The maximum absolute atomic E-state index is 5.89. The summed E-state index contributed by atoms with van der Waals surface area (Å²) in [6.45, 7) is 5.11. The standard InChI is InChI=1S/C13H18BrNO/c1-9-7-11(14)3-6-13(9)16-10(2)8-15-12-4-5-12/h3,6-7,10,12,15H,4-5,8H2,1-2H3. The molecule has 1 saturated carbocycles. The smallest absolute Gasteiger partial charge is 0.122 e. The number of halogens is 1. The van der Waals surface area contributed by atoms with E-state index >= 15 is 0 Å². The van der Waals surface area contributed by atoms with E-state index in [2.05, 4.69) is 41.2 Å². The Morgan fingerprint density at radius 1 is 1.50 bits per heavy atom. The van der Waals surface area contributed by atoms with E-state index in [-0.39, 0.29) is 6.10 Å². The lowest BCUT2D eigenvalue weighted by Gasteiger charge is -2.17. The molecule has 1 atom stereocenters. The lowest BCUT2D eigenvalue weighted by Crippen LogP contribution is -2.30. The number of rotatable bonds is 5. The zero-order valence-electron chi connectivity index (χ0n) is 9.79. The Morgan fingerprint density at radius 3 is 2.88 bits per heavy atom. The molecular formula is C13H18BrNO. The summed E-state index contributed by atoms with van der Waals surface area (Å²) >= 11 is 3.45. The molecule has 88 valence electrons. The summed E-state index contributed by atoms with van der Waals surface area (Å²) in [7, 11) is 0. The van der Waals surface area contributed by atoms with Crippen LogP contribution in [0.4, 0.5) is 0 Å². The first-order valence-corrected chi connectivity index (χ1v) is 6.60. The van der Waals surface area contributed by atoms with Crippen molar-refractivity contribution in [2.75, 3.05) is 6.54 Å². The van der Waals surface area contributed by atoms with Gasteiger partial charge in [-0.2, -0.15) is 0 Å². The van der Waals surface area contributed by atoms with Crippen LogP contribution >= 0.6 is 15.9 Å². The highest BCUT2D eigenvalue weighted by atomic mass is 79.9. The minimum Gasteiger partial charge on any atom is -0.489 e. The summed E-state index contributed by atoms with van der Waals surface area (Å²) in [6.07, 6.45) is 2.87. The number of aryl methyl sites for hydroxylation is 1. The second-order valence-corrected chi connectivity index (χ2v) is 5.44. The molecule has 1 N–H and O–H groups in total. The summed E-state index contributed by atoms with van der Waals surface area (Å²) in [6, 6.07) is 6.87. The zero-order chi connectivity index (χ0) is 11.5.